The standard InChI is InChI=1S/C29H32BrF2N5O4.C24H24BrF2N5O2.C16H16FN3O3.C13H18BrFN2O2.CH4/c1-29(2,3)41-28(39)35-15-24(18-10-19(30)13-20(31)11-18)37-27(38)21-5-4-17(12-22(21)32)25-26(33)34-14-23(36-25)16-6-8-40-9-7-16;25-16-7-15(8-17(26)10-16)20(11-28)32-24(33)18-2-1-14(9-19(18)27)22-23(29)30-12-21(31-22)13-3-5-34-6-4-13;17-12-7-10(1-2-11(12)16(21)22)14-15(18)19-8-13(20-14)9-3-5-23-6-4-9;1-13(2,3)19-12(18)17-7-11(16)8-4-9(14)6-10(15)5-8;/h4-5,10-14,16,24H,6-9,15H2,1-3H3,(H2,33,34)(H,35,39)(H,37,38);1-2,7-10,12-13,20H,3-6,11,28H2,(H2,29,30)(H,32,33);1-2,7-9H,3-6H2,(H2,18,19)(H,21,22);4-6,11H,7,16H2,1-3H3,(H,17,18);1H4/t24-;20-;;11-;/m11.1./s1. The molecule has 3 fully saturated rings. The lowest BCUT2D eigenvalue weighted by Gasteiger charge is -2.23. The van der Waals surface area contributed by atoms with Crippen LogP contribution >= 0.6 is 47.8 Å². The van der Waals surface area contributed by atoms with Crippen molar-refractivity contribution in [1.82, 2.24) is 51.2 Å². The van der Waals surface area contributed by atoms with E-state index in [9.17, 15) is 45.9 Å². The summed E-state index contributed by atoms with van der Waals surface area (Å²) in [6.45, 7) is 14.4. The second kappa shape index (κ2) is 42.9. The number of benzene rings is 6. The molecule has 0 bridgehead atoms. The number of carbonyl (C=O) groups is 5. The lowest BCUT2D eigenvalue weighted by atomic mass is 9.96. The molecule has 3 aromatic heterocycles. The van der Waals surface area contributed by atoms with Gasteiger partial charge in [0.1, 0.15) is 80.6 Å². The fourth-order valence-corrected chi connectivity index (χ4v) is 13.9. The van der Waals surface area contributed by atoms with Crippen LogP contribution in [0.3, 0.4) is 0 Å². The zero-order valence-corrected chi connectivity index (χ0v) is 69.5. The maximum Gasteiger partial charge on any atom is 0.407 e. The highest BCUT2D eigenvalue weighted by Gasteiger charge is 2.29. The maximum atomic E-state index is 15.3. The maximum absolute atomic E-state index is 15.3. The van der Waals surface area contributed by atoms with Crippen LogP contribution < -0.4 is 49.9 Å². The van der Waals surface area contributed by atoms with E-state index in [-0.39, 0.29) is 84.8 Å². The van der Waals surface area contributed by atoms with E-state index in [1.54, 1.807) is 90.5 Å². The van der Waals surface area contributed by atoms with Gasteiger partial charge in [-0.1, -0.05) is 73.4 Å². The van der Waals surface area contributed by atoms with Gasteiger partial charge < -0.3 is 78.7 Å². The molecule has 0 spiro atoms. The number of anilines is 3. The SMILES string of the molecule is C.CC(C)(C)OC(=O)NC[C@@H](N)c1cc(F)cc(Br)c1.CC(C)(C)OC(=O)NC[C@@H](NC(=O)c1ccc(-c2nc(C3CCOCC3)cnc2N)cc1F)c1cc(F)cc(Br)c1.NC[C@@H](NC(=O)c1ccc(-c2nc(C3CCOCC3)cnc2N)cc1F)c1cc(F)cc(Br)c1.Nc1ncc(C2CCOCC2)nc1-c1ccc(C(=O)O)c(F)c1. The van der Waals surface area contributed by atoms with E-state index in [1.165, 1.54) is 72.8 Å². The van der Waals surface area contributed by atoms with Gasteiger partial charge in [0.2, 0.25) is 0 Å². The van der Waals surface area contributed by atoms with Crippen LogP contribution in [0.2, 0.25) is 0 Å². The molecule has 6 aromatic carbocycles. The molecular weight excluding hydrogens is 1740 g/mol. The zero-order valence-electron chi connectivity index (χ0n) is 64.7. The minimum Gasteiger partial charge on any atom is -0.478 e. The number of carbonyl (C=O) groups excluding carboxylic acids is 4. The second-order valence-corrected chi connectivity index (χ2v) is 32.2. The van der Waals surface area contributed by atoms with E-state index in [1.807, 2.05) is 0 Å². The molecule has 12 rings (SSSR count). The normalized spacial score (nSPS) is 14.6. The minimum atomic E-state index is -1.32. The molecule has 3 atom stereocenters. The Labute approximate surface area is 704 Å². The molecule has 0 radical (unpaired) electrons. The summed E-state index contributed by atoms with van der Waals surface area (Å²) in [5, 5.41) is 19.4. The van der Waals surface area contributed by atoms with E-state index in [0.717, 1.165) is 61.7 Å². The van der Waals surface area contributed by atoms with Crippen molar-refractivity contribution in [3.63, 3.8) is 0 Å². The lowest BCUT2D eigenvalue weighted by Crippen LogP contribution is -2.40. The van der Waals surface area contributed by atoms with E-state index < -0.39 is 88.4 Å². The molecule has 4 amide bonds. The molecule has 630 valence electrons. The number of alkyl carbamates (subject to hydrolysis) is 2. The van der Waals surface area contributed by atoms with Crippen LogP contribution in [0.4, 0.5) is 53.4 Å². The fraction of sp³-hybridized carbons (Fsp3) is 0.361. The van der Waals surface area contributed by atoms with Gasteiger partial charge in [-0.25, -0.2) is 70.6 Å². The molecule has 0 unspecified atom stereocenters. The third kappa shape index (κ3) is 27.4. The predicted molar refractivity (Wildman–Crippen MR) is 445 cm³/mol. The number of nitrogens with zero attached hydrogens (tertiary/aromatic N) is 6. The highest BCUT2D eigenvalue weighted by molar-refractivity contribution is 9.11. The number of carboxylic acid groups (broad SMARTS) is 1. The van der Waals surface area contributed by atoms with Gasteiger partial charge in [0.15, 0.2) is 0 Å². The largest absolute Gasteiger partial charge is 0.478 e. The first-order chi connectivity index (χ1) is 55.5. The molecule has 15 N–H and O–H groups in total. The number of halogens is 9. The fourth-order valence-electron chi connectivity index (χ4n) is 12.4. The van der Waals surface area contributed by atoms with Crippen molar-refractivity contribution in [3.05, 3.63) is 227 Å². The number of ether oxygens (including phenoxy) is 5. The van der Waals surface area contributed by atoms with Crippen LogP contribution in [0, 0.1) is 34.9 Å². The number of aromatic nitrogens is 6. The highest BCUT2D eigenvalue weighted by atomic mass is 79.9. The molecule has 118 heavy (non-hydrogen) atoms. The van der Waals surface area contributed by atoms with Crippen molar-refractivity contribution in [3.8, 4) is 33.8 Å². The topological polar surface area (TPSA) is 407 Å². The Balaban J connectivity index is 0.000000204. The third-order valence-electron chi connectivity index (χ3n) is 18.3. The smallest absolute Gasteiger partial charge is 0.407 e. The van der Waals surface area contributed by atoms with Crippen molar-refractivity contribution in [2.75, 3.05) is 76.5 Å². The summed E-state index contributed by atoms with van der Waals surface area (Å²) in [6.07, 6.45) is 8.61. The highest BCUT2D eigenvalue weighted by Crippen LogP contribution is 2.35. The first-order valence-electron chi connectivity index (χ1n) is 37.1. The molecule has 3 saturated heterocycles. The molecule has 0 aliphatic carbocycles. The predicted octanol–water partition coefficient (Wildman–Crippen LogP) is 16.0. The Bertz CT molecular complexity index is 4960. The molecular formula is C83H94Br3F6N15O11. The van der Waals surface area contributed by atoms with Crippen LogP contribution in [-0.2, 0) is 23.7 Å². The van der Waals surface area contributed by atoms with Gasteiger partial charge in [-0.2, -0.15) is 0 Å². The van der Waals surface area contributed by atoms with Crippen molar-refractivity contribution >= 4 is 95.2 Å². The Morgan fingerprint density at radius 1 is 0.475 bits per heavy atom. The molecule has 35 heteroatoms. The number of nitrogen functional groups attached to an aromatic ring is 3. The van der Waals surface area contributed by atoms with Gasteiger partial charge >= 0.3 is 18.2 Å². The van der Waals surface area contributed by atoms with Crippen LogP contribution in [-0.4, -0.2) is 135 Å². The third-order valence-corrected chi connectivity index (χ3v) is 19.6. The van der Waals surface area contributed by atoms with E-state index >= 15 is 4.39 Å². The Hall–Kier alpha value is -10.3. The summed E-state index contributed by atoms with van der Waals surface area (Å²) in [4.78, 5) is 87.0. The summed E-state index contributed by atoms with van der Waals surface area (Å²) in [6, 6.07) is 22.6. The number of nitrogens with one attached hydrogen (secondary N) is 4. The van der Waals surface area contributed by atoms with Gasteiger partial charge in [-0.3, -0.25) is 9.59 Å². The summed E-state index contributed by atoms with van der Waals surface area (Å²) in [5.41, 5.74) is 33.5. The Morgan fingerprint density at radius 3 is 1.11 bits per heavy atom. The number of rotatable bonds is 19. The van der Waals surface area contributed by atoms with Gasteiger partial charge in [0.05, 0.1) is 64.4 Å². The van der Waals surface area contributed by atoms with Crippen molar-refractivity contribution in [2.24, 2.45) is 11.5 Å². The minimum absolute atomic E-state index is 0. The number of carboxylic acids is 1. The molecule has 26 nitrogen and oxygen atoms in total. The summed E-state index contributed by atoms with van der Waals surface area (Å²) in [7, 11) is 0. The molecule has 3 aliphatic heterocycles. The number of hydrogen-bond donors (Lipinski definition) is 10. The van der Waals surface area contributed by atoms with Crippen LogP contribution in [0.25, 0.3) is 33.8 Å². The van der Waals surface area contributed by atoms with E-state index in [4.69, 9.17) is 57.5 Å². The van der Waals surface area contributed by atoms with Gasteiger partial charge in [-0.05, 0) is 188 Å². The molecule has 6 heterocycles. The number of amides is 4. The summed E-state index contributed by atoms with van der Waals surface area (Å²) >= 11 is 9.65. The van der Waals surface area contributed by atoms with E-state index in [0.29, 0.717) is 104 Å². The molecule has 0 saturated carbocycles. The van der Waals surface area contributed by atoms with E-state index in [2.05, 4.69) is 99.0 Å². The van der Waals surface area contributed by atoms with Gasteiger partial charge in [0.25, 0.3) is 11.8 Å². The summed E-state index contributed by atoms with van der Waals surface area (Å²) in [5.74, 6) is -5.44. The zero-order chi connectivity index (χ0) is 85.0. The lowest BCUT2D eigenvalue weighted by molar-refractivity contribution is 0.0511. The first kappa shape index (κ1) is 93.2. The number of hydrogen-bond acceptors (Lipinski definition) is 21. The van der Waals surface area contributed by atoms with Crippen LogP contribution in [0.15, 0.2) is 141 Å². The molecule has 9 aromatic rings. The second-order valence-electron chi connectivity index (χ2n) is 29.4. The number of nitrogens with two attached hydrogens (primary N) is 5. The summed E-state index contributed by atoms with van der Waals surface area (Å²) < 4.78 is 113. The van der Waals surface area contributed by atoms with Crippen molar-refractivity contribution in [2.45, 2.75) is 135 Å². The monoisotopic (exact) mass is 1830 g/mol. The first-order valence-corrected chi connectivity index (χ1v) is 39.5. The van der Waals surface area contributed by atoms with Crippen LogP contribution in [0.1, 0.15) is 188 Å². The number of aromatic carboxylic acids is 1. The Morgan fingerprint density at radius 2 is 0.788 bits per heavy atom. The average molecular weight is 1830 g/mol. The van der Waals surface area contributed by atoms with Crippen molar-refractivity contribution in [1.29, 1.82) is 0 Å². The quantitative estimate of drug-likeness (QED) is 0.0336. The van der Waals surface area contributed by atoms with Crippen LogP contribution in [0.5, 0.6) is 0 Å². The Kier molecular flexibility index (Phi) is 33.9. The average Bonchev–Trinajstić information content (AvgIpc) is 0.807. The van der Waals surface area contributed by atoms with Gasteiger partial charge in [-0.15, -0.1) is 0 Å². The van der Waals surface area contributed by atoms with Crippen molar-refractivity contribution < 1.29 is 79.1 Å². The van der Waals surface area contributed by atoms with Gasteiger partial charge in [0, 0.05) is 113 Å². The molecule has 3 aliphatic rings.